The molecule has 0 aromatic carbocycles. The Hall–Kier alpha value is -0.450. The fourth-order valence-corrected chi connectivity index (χ4v) is 2.10. The highest BCUT2D eigenvalue weighted by Crippen LogP contribution is 2.25. The fraction of sp³-hybridized carbons (Fsp3) is 0.778. The van der Waals surface area contributed by atoms with Gasteiger partial charge in [0, 0.05) is 6.61 Å². The van der Waals surface area contributed by atoms with Gasteiger partial charge in [0.2, 0.25) is 0 Å². The number of aliphatic hydroxyl groups excluding tert-OH is 1. The Labute approximate surface area is 147 Å². The normalized spacial score (nSPS) is 11.9. The van der Waals surface area contributed by atoms with Crippen molar-refractivity contribution in [2.45, 2.75) is 84.0 Å². The van der Waals surface area contributed by atoms with Gasteiger partial charge in [-0.2, -0.15) is 0 Å². The summed E-state index contributed by atoms with van der Waals surface area (Å²) in [6.45, 7) is 2.60. The van der Waals surface area contributed by atoms with E-state index in [0.717, 1.165) is 12.8 Å². The zero-order valence-corrected chi connectivity index (χ0v) is 16.0. The summed E-state index contributed by atoms with van der Waals surface area (Å²) in [5.41, 5.74) is 0. The summed E-state index contributed by atoms with van der Waals surface area (Å²) >= 11 is 0. The minimum absolute atomic E-state index is 0.356. The summed E-state index contributed by atoms with van der Waals surface area (Å²) in [5.74, 6) is 0. The third kappa shape index (κ3) is 37.6. The van der Waals surface area contributed by atoms with Crippen molar-refractivity contribution in [3.05, 3.63) is 24.3 Å². The summed E-state index contributed by atoms with van der Waals surface area (Å²) in [6, 6.07) is 0. The van der Waals surface area contributed by atoms with Gasteiger partial charge in [-0.1, -0.05) is 69.8 Å². The van der Waals surface area contributed by atoms with E-state index in [2.05, 4.69) is 31.2 Å². The molecule has 0 radical (unpaired) electrons. The van der Waals surface area contributed by atoms with Crippen molar-refractivity contribution in [2.75, 3.05) is 6.61 Å². The molecule has 4 N–H and O–H groups in total. The highest BCUT2D eigenvalue weighted by Gasteiger charge is 2.00. The number of aliphatic hydroxyl groups is 1. The summed E-state index contributed by atoms with van der Waals surface area (Å²) in [7, 11) is -4.64. The number of rotatable bonds is 14. The molecular formula is C18H37O5P. The first-order valence-corrected chi connectivity index (χ1v) is 10.7. The van der Waals surface area contributed by atoms with Crippen molar-refractivity contribution in [3.63, 3.8) is 0 Å². The number of phosphoric acid groups is 1. The summed E-state index contributed by atoms with van der Waals surface area (Å²) in [6.07, 6.45) is 24.2. The molecule has 0 amide bonds. The van der Waals surface area contributed by atoms with Gasteiger partial charge in [-0.15, -0.1) is 0 Å². The molecule has 0 saturated carbocycles. The van der Waals surface area contributed by atoms with Crippen molar-refractivity contribution >= 4 is 7.82 Å². The van der Waals surface area contributed by atoms with Gasteiger partial charge >= 0.3 is 7.82 Å². The quantitative estimate of drug-likeness (QED) is 0.200. The molecule has 0 rings (SSSR count). The van der Waals surface area contributed by atoms with Crippen LogP contribution in [0, 0.1) is 0 Å². The lowest BCUT2D eigenvalue weighted by Gasteiger charge is -1.98. The van der Waals surface area contributed by atoms with Crippen LogP contribution in [0.1, 0.15) is 84.0 Å². The smallest absolute Gasteiger partial charge is 0.396 e. The van der Waals surface area contributed by atoms with Gasteiger partial charge in [-0.3, -0.25) is 0 Å². The van der Waals surface area contributed by atoms with Crippen LogP contribution in [-0.2, 0) is 4.57 Å². The molecule has 0 aliphatic carbocycles. The van der Waals surface area contributed by atoms with Crippen LogP contribution in [0.15, 0.2) is 24.3 Å². The van der Waals surface area contributed by atoms with Gasteiger partial charge < -0.3 is 19.8 Å². The molecule has 0 aromatic rings. The maximum atomic E-state index is 8.88. The van der Waals surface area contributed by atoms with E-state index in [1.807, 2.05) is 0 Å². The predicted molar refractivity (Wildman–Crippen MR) is 101 cm³/mol. The Morgan fingerprint density at radius 1 is 0.708 bits per heavy atom. The molecule has 0 spiro atoms. The first-order valence-electron chi connectivity index (χ1n) is 9.11. The first-order chi connectivity index (χ1) is 11.4. The molecule has 0 unspecified atom stereocenters. The summed E-state index contributed by atoms with van der Waals surface area (Å²) in [5, 5.41) is 8.66. The van der Waals surface area contributed by atoms with Crippen LogP contribution in [-0.4, -0.2) is 26.4 Å². The summed E-state index contributed by atoms with van der Waals surface area (Å²) in [4.78, 5) is 21.6. The van der Waals surface area contributed by atoms with E-state index in [-0.39, 0.29) is 0 Å². The molecule has 6 heteroatoms. The Morgan fingerprint density at radius 2 is 1.12 bits per heavy atom. The van der Waals surface area contributed by atoms with Crippen LogP contribution in [0.2, 0.25) is 0 Å². The van der Waals surface area contributed by atoms with Gasteiger partial charge in [-0.25, -0.2) is 4.57 Å². The lowest BCUT2D eigenvalue weighted by Crippen LogP contribution is -1.83. The van der Waals surface area contributed by atoms with E-state index in [0.29, 0.717) is 6.61 Å². The first kappa shape index (κ1) is 25.8. The second-order valence-corrected chi connectivity index (χ2v) is 6.85. The molecule has 5 nitrogen and oxygen atoms in total. The van der Waals surface area contributed by atoms with Crippen molar-refractivity contribution in [2.24, 2.45) is 0 Å². The highest BCUT2D eigenvalue weighted by molar-refractivity contribution is 7.45. The monoisotopic (exact) mass is 364 g/mol. The van der Waals surface area contributed by atoms with Crippen LogP contribution in [0.25, 0.3) is 0 Å². The van der Waals surface area contributed by atoms with E-state index >= 15 is 0 Å². The molecule has 144 valence electrons. The zero-order chi connectivity index (χ0) is 18.5. The maximum absolute atomic E-state index is 8.88. The van der Waals surface area contributed by atoms with E-state index in [4.69, 9.17) is 24.4 Å². The largest absolute Gasteiger partial charge is 0.466 e. The third-order valence-electron chi connectivity index (χ3n) is 3.36. The Morgan fingerprint density at radius 3 is 1.58 bits per heavy atom. The topological polar surface area (TPSA) is 98.0 Å². The van der Waals surface area contributed by atoms with Crippen LogP contribution >= 0.6 is 7.82 Å². The van der Waals surface area contributed by atoms with Crippen molar-refractivity contribution in [1.82, 2.24) is 0 Å². The van der Waals surface area contributed by atoms with Crippen LogP contribution in [0.4, 0.5) is 0 Å². The second-order valence-electron chi connectivity index (χ2n) is 5.82. The SMILES string of the molecule is CCCCC/C=C\C/C=C\CCCCCCCCO.O=P(O)(O)O. The molecule has 24 heavy (non-hydrogen) atoms. The van der Waals surface area contributed by atoms with Crippen molar-refractivity contribution in [1.29, 1.82) is 0 Å². The molecule has 0 atom stereocenters. The minimum Gasteiger partial charge on any atom is -0.396 e. The molecule has 0 fully saturated rings. The standard InChI is InChI=1S/C18H34O.H3O4P/c1-2-3-4-5-6-7-8-9-10-11-12-13-14-15-16-17-18-19;1-5(2,3)4/h6-7,9-10,19H,2-5,8,11-18H2,1H3;(H3,1,2,3,4)/b7-6-,10-9-;. The van der Waals surface area contributed by atoms with E-state index in [1.165, 1.54) is 64.2 Å². The van der Waals surface area contributed by atoms with Crippen LogP contribution < -0.4 is 0 Å². The number of unbranched alkanes of at least 4 members (excludes halogenated alkanes) is 9. The van der Waals surface area contributed by atoms with E-state index < -0.39 is 7.82 Å². The molecule has 0 aromatic heterocycles. The second kappa shape index (κ2) is 20.6. The lowest BCUT2D eigenvalue weighted by atomic mass is 10.1. The number of hydrogen-bond acceptors (Lipinski definition) is 2. The lowest BCUT2D eigenvalue weighted by molar-refractivity contribution is 0.275. The van der Waals surface area contributed by atoms with Gasteiger partial charge in [0.05, 0.1) is 0 Å². The van der Waals surface area contributed by atoms with Crippen molar-refractivity contribution in [3.8, 4) is 0 Å². The molecule has 0 aliphatic heterocycles. The molecule has 0 heterocycles. The Kier molecular flexibility index (Phi) is 22.1. The molecule has 0 saturated heterocycles. The van der Waals surface area contributed by atoms with Gasteiger partial charge in [0.15, 0.2) is 0 Å². The third-order valence-corrected chi connectivity index (χ3v) is 3.36. The van der Waals surface area contributed by atoms with Crippen LogP contribution in [0.5, 0.6) is 0 Å². The fourth-order valence-electron chi connectivity index (χ4n) is 2.10. The predicted octanol–water partition coefficient (Wildman–Crippen LogP) is 4.86. The average molecular weight is 364 g/mol. The minimum atomic E-state index is -4.64. The number of hydrogen-bond donors (Lipinski definition) is 4. The van der Waals surface area contributed by atoms with E-state index in [9.17, 15) is 0 Å². The Bertz CT molecular complexity index is 328. The van der Waals surface area contributed by atoms with Crippen LogP contribution in [0.3, 0.4) is 0 Å². The maximum Gasteiger partial charge on any atom is 0.466 e. The molecular weight excluding hydrogens is 327 g/mol. The highest BCUT2D eigenvalue weighted by atomic mass is 31.2. The van der Waals surface area contributed by atoms with Crippen molar-refractivity contribution < 1.29 is 24.4 Å². The van der Waals surface area contributed by atoms with Gasteiger partial charge in [0.1, 0.15) is 0 Å². The van der Waals surface area contributed by atoms with E-state index in [1.54, 1.807) is 0 Å². The van der Waals surface area contributed by atoms with Gasteiger partial charge in [-0.05, 0) is 38.5 Å². The molecule has 0 bridgehead atoms. The Balaban J connectivity index is 0. The average Bonchev–Trinajstić information content (AvgIpc) is 2.49. The molecule has 0 aliphatic rings. The summed E-state index contributed by atoms with van der Waals surface area (Å²) < 4.78 is 8.88. The zero-order valence-electron chi connectivity index (χ0n) is 15.1. The number of allylic oxidation sites excluding steroid dienone is 4. The van der Waals surface area contributed by atoms with Gasteiger partial charge in [0.25, 0.3) is 0 Å².